The molecule has 0 aliphatic carbocycles. The van der Waals surface area contributed by atoms with Gasteiger partial charge in [0.25, 0.3) is 0 Å². The number of quaternary nitrogens is 1. The van der Waals surface area contributed by atoms with Crippen LogP contribution in [0.4, 0.5) is 0 Å². The summed E-state index contributed by atoms with van der Waals surface area (Å²) >= 11 is 0. The molecule has 0 aliphatic rings. The van der Waals surface area contributed by atoms with Crippen LogP contribution >= 0.6 is 7.82 Å². The van der Waals surface area contributed by atoms with E-state index in [0.29, 0.717) is 10.4 Å². The number of aliphatic hydroxyl groups is 1. The van der Waals surface area contributed by atoms with E-state index in [1.165, 1.54) is 103 Å². The summed E-state index contributed by atoms with van der Waals surface area (Å²) in [6.07, 6.45) is 23.0. The molecule has 6 nitrogen and oxygen atoms in total. The largest absolute Gasteiger partial charge is 0.469 e. The maximum absolute atomic E-state index is 11.2. The van der Waals surface area contributed by atoms with Gasteiger partial charge in [-0.05, 0) is 19.3 Å². The second-order valence-corrected chi connectivity index (χ2v) is 12.9. The van der Waals surface area contributed by atoms with E-state index in [-0.39, 0.29) is 12.6 Å². The lowest BCUT2D eigenvalue weighted by molar-refractivity contribution is -0.922. The van der Waals surface area contributed by atoms with Crippen molar-refractivity contribution in [2.45, 2.75) is 155 Å². The number of hydrogen-bond donors (Lipinski definition) is 3. The Bertz CT molecular complexity index is 540. The molecule has 3 N–H and O–H groups in total. The van der Waals surface area contributed by atoms with Gasteiger partial charge in [0.1, 0.15) is 12.1 Å². The lowest BCUT2D eigenvalue weighted by Gasteiger charge is -2.42. The van der Waals surface area contributed by atoms with Gasteiger partial charge in [0.15, 0.2) is 0 Å². The highest BCUT2D eigenvalue weighted by Gasteiger charge is 2.37. The van der Waals surface area contributed by atoms with Gasteiger partial charge < -0.3 is 19.4 Å². The normalized spacial score (nSPS) is 15.2. The molecule has 0 heterocycles. The number of phosphoric acid groups is 1. The first-order chi connectivity index (χ1) is 17.1. The monoisotopic (exact) mass is 536 g/mol. The Hall–Kier alpha value is 0.0300. The maximum atomic E-state index is 11.2. The van der Waals surface area contributed by atoms with Gasteiger partial charge in [-0.1, -0.05) is 117 Å². The smallest absolute Gasteiger partial charge is 0.384 e. The molecule has 0 bridgehead atoms. The van der Waals surface area contributed by atoms with Gasteiger partial charge in [-0.3, -0.25) is 4.52 Å². The molecule has 0 saturated carbocycles. The molecular formula is C29H63NO5P+. The highest BCUT2D eigenvalue weighted by Crippen LogP contribution is 2.36. The summed E-state index contributed by atoms with van der Waals surface area (Å²) in [7, 11) is -0.222. The van der Waals surface area contributed by atoms with E-state index in [0.717, 1.165) is 25.8 Å². The highest BCUT2D eigenvalue weighted by molar-refractivity contribution is 7.46. The van der Waals surface area contributed by atoms with Gasteiger partial charge in [-0.2, -0.15) is 0 Å². The average Bonchev–Trinajstić information content (AvgIpc) is 2.80. The molecule has 0 radical (unpaired) electrons. The van der Waals surface area contributed by atoms with E-state index < -0.39 is 13.9 Å². The Labute approximate surface area is 224 Å². The van der Waals surface area contributed by atoms with Gasteiger partial charge in [0, 0.05) is 12.3 Å². The molecule has 0 fully saturated rings. The molecule has 0 amide bonds. The van der Waals surface area contributed by atoms with Crippen LogP contribution < -0.4 is 0 Å². The Kier molecular flexibility index (Phi) is 21.9. The molecule has 36 heavy (non-hydrogen) atoms. The number of aliphatic hydroxyl groups excluding tert-OH is 1. The van der Waals surface area contributed by atoms with Crippen molar-refractivity contribution >= 4 is 7.82 Å². The molecule has 0 aliphatic heterocycles. The zero-order valence-electron chi connectivity index (χ0n) is 24.6. The first-order valence-electron chi connectivity index (χ1n) is 15.3. The number of phosphoric ester groups is 1. The van der Waals surface area contributed by atoms with Crippen LogP contribution in [-0.2, 0) is 9.09 Å². The van der Waals surface area contributed by atoms with Crippen LogP contribution in [0.15, 0.2) is 0 Å². The fourth-order valence-electron chi connectivity index (χ4n) is 5.61. The van der Waals surface area contributed by atoms with Crippen molar-refractivity contribution in [1.82, 2.24) is 0 Å². The number of hydrogen-bond acceptors (Lipinski definition) is 3. The quantitative estimate of drug-likeness (QED) is 0.0592. The van der Waals surface area contributed by atoms with Gasteiger partial charge in [-0.15, -0.1) is 0 Å². The summed E-state index contributed by atoms with van der Waals surface area (Å²) in [6, 6.07) is -0.0953. The third-order valence-electron chi connectivity index (χ3n) is 7.77. The number of unbranched alkanes of at least 4 members (excludes halogenated alkanes) is 13. The summed E-state index contributed by atoms with van der Waals surface area (Å²) in [5.41, 5.74) is 0. The van der Waals surface area contributed by atoms with Gasteiger partial charge in [0.05, 0.1) is 27.2 Å². The van der Waals surface area contributed by atoms with E-state index in [1.807, 2.05) is 0 Å². The zero-order valence-corrected chi connectivity index (χ0v) is 25.5. The standard InChI is InChI=1S/C29H62NO5P/c1-6-9-12-14-16-17-19-21-23-27(22-20-18-15-13-10-7-2)25-30(4,5)28(24-11-8-3)29(31)26-35-36(32,33)34/h27-29,31H,6-26H2,1-5H3,(H-,32,33,34)/p+1. The van der Waals surface area contributed by atoms with E-state index in [4.69, 9.17) is 14.3 Å². The molecular weight excluding hydrogens is 473 g/mol. The van der Waals surface area contributed by atoms with Gasteiger partial charge in [-0.25, -0.2) is 4.57 Å². The van der Waals surface area contributed by atoms with Crippen LogP contribution in [0.2, 0.25) is 0 Å². The Morgan fingerprint density at radius 3 is 1.50 bits per heavy atom. The van der Waals surface area contributed by atoms with Crippen molar-refractivity contribution < 1.29 is 28.5 Å². The van der Waals surface area contributed by atoms with Crippen molar-refractivity contribution in [3.8, 4) is 0 Å². The molecule has 218 valence electrons. The van der Waals surface area contributed by atoms with E-state index in [1.54, 1.807) is 0 Å². The molecule has 7 heteroatoms. The van der Waals surface area contributed by atoms with E-state index in [2.05, 4.69) is 34.9 Å². The summed E-state index contributed by atoms with van der Waals surface area (Å²) in [5.74, 6) is 0.616. The first kappa shape index (κ1) is 36.0. The second-order valence-electron chi connectivity index (χ2n) is 11.7. The van der Waals surface area contributed by atoms with E-state index >= 15 is 0 Å². The van der Waals surface area contributed by atoms with Gasteiger partial charge in [0.2, 0.25) is 0 Å². The minimum atomic E-state index is -4.59. The fraction of sp³-hybridized carbons (Fsp3) is 1.00. The van der Waals surface area contributed by atoms with E-state index in [9.17, 15) is 9.67 Å². The van der Waals surface area contributed by atoms with Crippen molar-refractivity contribution in [1.29, 1.82) is 0 Å². The molecule has 0 rings (SSSR count). The Morgan fingerprint density at radius 2 is 1.08 bits per heavy atom. The molecule has 0 aromatic heterocycles. The van der Waals surface area contributed by atoms with Crippen LogP contribution in [0.5, 0.6) is 0 Å². The first-order valence-corrected chi connectivity index (χ1v) is 16.8. The summed E-state index contributed by atoms with van der Waals surface area (Å²) in [6.45, 7) is 7.33. The van der Waals surface area contributed by atoms with Crippen LogP contribution in [0.1, 0.15) is 143 Å². The number of likely N-dealkylation sites (N-methyl/N-ethyl adjacent to an activating group) is 1. The maximum Gasteiger partial charge on any atom is 0.469 e. The minimum Gasteiger partial charge on any atom is -0.384 e. The predicted octanol–water partition coefficient (Wildman–Crippen LogP) is 7.99. The molecule has 3 atom stereocenters. The van der Waals surface area contributed by atoms with Crippen LogP contribution in [0, 0.1) is 5.92 Å². The predicted molar refractivity (Wildman–Crippen MR) is 153 cm³/mol. The molecule has 3 unspecified atom stereocenters. The lowest BCUT2D eigenvalue weighted by Crippen LogP contribution is -2.57. The lowest BCUT2D eigenvalue weighted by atomic mass is 9.91. The third-order valence-corrected chi connectivity index (χ3v) is 8.25. The Balaban J connectivity index is 5.00. The zero-order chi connectivity index (χ0) is 27.3. The topological polar surface area (TPSA) is 87.0 Å². The van der Waals surface area contributed by atoms with Crippen LogP contribution in [0.3, 0.4) is 0 Å². The van der Waals surface area contributed by atoms with Crippen molar-refractivity contribution in [2.24, 2.45) is 5.92 Å². The summed E-state index contributed by atoms with van der Waals surface area (Å²) in [4.78, 5) is 18.2. The van der Waals surface area contributed by atoms with Crippen molar-refractivity contribution in [3.63, 3.8) is 0 Å². The van der Waals surface area contributed by atoms with Crippen molar-refractivity contribution in [3.05, 3.63) is 0 Å². The SMILES string of the molecule is CCCCCCCCCCC(CCCCCCCC)C[N+](C)(C)C(CCCC)C(O)COP(=O)(O)O. The molecule has 0 aromatic rings. The summed E-state index contributed by atoms with van der Waals surface area (Å²) < 4.78 is 16.6. The number of nitrogens with zero attached hydrogens (tertiary/aromatic N) is 1. The molecule has 0 saturated heterocycles. The number of rotatable bonds is 26. The molecule has 0 aromatic carbocycles. The minimum absolute atomic E-state index is 0.0953. The second kappa shape index (κ2) is 21.9. The Morgan fingerprint density at radius 1 is 0.667 bits per heavy atom. The third kappa shape index (κ3) is 20.1. The molecule has 0 spiro atoms. The van der Waals surface area contributed by atoms with Crippen LogP contribution in [-0.4, -0.2) is 58.8 Å². The average molecular weight is 537 g/mol. The van der Waals surface area contributed by atoms with Crippen molar-refractivity contribution in [2.75, 3.05) is 27.2 Å². The van der Waals surface area contributed by atoms with Gasteiger partial charge >= 0.3 is 7.82 Å². The van der Waals surface area contributed by atoms with Crippen LogP contribution in [0.25, 0.3) is 0 Å². The summed E-state index contributed by atoms with van der Waals surface area (Å²) in [5, 5.41) is 10.9. The highest BCUT2D eigenvalue weighted by atomic mass is 31.2. The fourth-order valence-corrected chi connectivity index (χ4v) is 5.96.